The van der Waals surface area contributed by atoms with Crippen LogP contribution in [0.1, 0.15) is 22.5 Å². The average Bonchev–Trinajstić information content (AvgIpc) is 2.61. The van der Waals surface area contributed by atoms with Crippen molar-refractivity contribution in [2.75, 3.05) is 0 Å². The zero-order chi connectivity index (χ0) is 19.4. The van der Waals surface area contributed by atoms with Gasteiger partial charge >= 0.3 is 0 Å². The molecule has 0 N–H and O–H groups in total. The Hall–Kier alpha value is -3.06. The van der Waals surface area contributed by atoms with Gasteiger partial charge in [0.05, 0.1) is 15.5 Å². The summed E-state index contributed by atoms with van der Waals surface area (Å²) in [6.45, 7) is 5.75. The standard InChI is InChI=1S/C20H18N4O2S/c1-13-4-7-17(8-5-13)21-12-16-6-9-19(18(11-16)24(25)26)27-20-22-14(2)10-15(3)23-20/h4-12H,1-3H3. The van der Waals surface area contributed by atoms with Gasteiger partial charge in [-0.3, -0.25) is 15.1 Å². The lowest BCUT2D eigenvalue weighted by molar-refractivity contribution is -0.387. The number of nitrogens with zero attached hydrogens (tertiary/aromatic N) is 4. The fraction of sp³-hybridized carbons (Fsp3) is 0.150. The molecule has 3 aromatic rings. The Morgan fingerprint density at radius 3 is 2.30 bits per heavy atom. The van der Waals surface area contributed by atoms with E-state index in [0.717, 1.165) is 22.6 Å². The fourth-order valence-electron chi connectivity index (χ4n) is 2.46. The van der Waals surface area contributed by atoms with Crippen LogP contribution in [0.15, 0.2) is 63.6 Å². The monoisotopic (exact) mass is 378 g/mol. The minimum atomic E-state index is -0.395. The third-order valence-corrected chi connectivity index (χ3v) is 4.67. The predicted octanol–water partition coefficient (Wildman–Crippen LogP) is 5.21. The predicted molar refractivity (Wildman–Crippen MR) is 107 cm³/mol. The SMILES string of the molecule is Cc1ccc(N=Cc2ccc(Sc3nc(C)cc(C)n3)c([N+](=O)[O-])c2)cc1. The van der Waals surface area contributed by atoms with Crippen LogP contribution in [0.3, 0.4) is 0 Å². The third kappa shape index (κ3) is 4.98. The molecule has 27 heavy (non-hydrogen) atoms. The molecule has 0 radical (unpaired) electrons. The Labute approximate surface area is 161 Å². The van der Waals surface area contributed by atoms with Crippen LogP contribution < -0.4 is 0 Å². The van der Waals surface area contributed by atoms with E-state index in [4.69, 9.17) is 0 Å². The molecule has 7 heteroatoms. The number of hydrogen-bond acceptors (Lipinski definition) is 6. The number of aliphatic imine (C=N–C) groups is 1. The maximum Gasteiger partial charge on any atom is 0.283 e. The number of hydrogen-bond donors (Lipinski definition) is 0. The first kappa shape index (κ1) is 18.7. The Kier molecular flexibility index (Phi) is 5.61. The van der Waals surface area contributed by atoms with Gasteiger partial charge in [0.15, 0.2) is 5.16 Å². The lowest BCUT2D eigenvalue weighted by Crippen LogP contribution is -1.96. The second-order valence-corrected chi connectivity index (χ2v) is 7.12. The number of benzene rings is 2. The van der Waals surface area contributed by atoms with E-state index in [-0.39, 0.29) is 5.69 Å². The summed E-state index contributed by atoms with van der Waals surface area (Å²) in [5.41, 5.74) is 4.28. The van der Waals surface area contributed by atoms with Crippen LogP contribution in [-0.2, 0) is 0 Å². The summed E-state index contributed by atoms with van der Waals surface area (Å²) in [7, 11) is 0. The first-order chi connectivity index (χ1) is 12.9. The van der Waals surface area contributed by atoms with Gasteiger partial charge < -0.3 is 0 Å². The zero-order valence-corrected chi connectivity index (χ0v) is 16.0. The molecule has 0 amide bonds. The largest absolute Gasteiger partial charge is 0.283 e. The van der Waals surface area contributed by atoms with E-state index in [1.807, 2.05) is 51.1 Å². The van der Waals surface area contributed by atoms with Crippen LogP contribution in [-0.4, -0.2) is 21.1 Å². The van der Waals surface area contributed by atoms with Crippen LogP contribution >= 0.6 is 11.8 Å². The summed E-state index contributed by atoms with van der Waals surface area (Å²) < 4.78 is 0. The molecule has 0 atom stereocenters. The van der Waals surface area contributed by atoms with Crippen molar-refractivity contribution in [3.63, 3.8) is 0 Å². The molecule has 1 heterocycles. The Bertz CT molecular complexity index is 997. The summed E-state index contributed by atoms with van der Waals surface area (Å²) in [6, 6.07) is 14.6. The average molecular weight is 378 g/mol. The Balaban J connectivity index is 1.88. The molecule has 0 aliphatic rings. The third-order valence-electron chi connectivity index (χ3n) is 3.74. The molecule has 6 nitrogen and oxygen atoms in total. The number of aryl methyl sites for hydroxylation is 3. The van der Waals surface area contributed by atoms with Crippen molar-refractivity contribution >= 4 is 29.4 Å². The highest BCUT2D eigenvalue weighted by Gasteiger charge is 2.17. The summed E-state index contributed by atoms with van der Waals surface area (Å²) in [5.74, 6) is 0. The van der Waals surface area contributed by atoms with E-state index in [1.165, 1.54) is 17.8 Å². The van der Waals surface area contributed by atoms with Crippen LogP contribution in [0.25, 0.3) is 0 Å². The van der Waals surface area contributed by atoms with E-state index in [9.17, 15) is 10.1 Å². The smallest absolute Gasteiger partial charge is 0.258 e. The normalized spacial score (nSPS) is 11.1. The molecule has 0 aliphatic heterocycles. The van der Waals surface area contributed by atoms with Gasteiger partial charge in [0.1, 0.15) is 0 Å². The maximum atomic E-state index is 11.5. The molecule has 0 fully saturated rings. The number of nitro benzene ring substituents is 1. The summed E-state index contributed by atoms with van der Waals surface area (Å²) in [5, 5.41) is 12.0. The first-order valence-corrected chi connectivity index (χ1v) is 9.12. The fourth-order valence-corrected chi connectivity index (χ4v) is 3.41. The highest BCUT2D eigenvalue weighted by molar-refractivity contribution is 7.99. The minimum absolute atomic E-state index is 0.00983. The minimum Gasteiger partial charge on any atom is -0.258 e. The van der Waals surface area contributed by atoms with Crippen molar-refractivity contribution in [1.29, 1.82) is 0 Å². The van der Waals surface area contributed by atoms with Gasteiger partial charge in [0.2, 0.25) is 0 Å². The van der Waals surface area contributed by atoms with E-state index >= 15 is 0 Å². The van der Waals surface area contributed by atoms with Gasteiger partial charge in [-0.2, -0.15) is 0 Å². The van der Waals surface area contributed by atoms with Gasteiger partial charge in [-0.25, -0.2) is 9.97 Å². The summed E-state index contributed by atoms with van der Waals surface area (Å²) >= 11 is 1.19. The van der Waals surface area contributed by atoms with Crippen LogP contribution in [0.4, 0.5) is 11.4 Å². The van der Waals surface area contributed by atoms with Crippen molar-refractivity contribution < 1.29 is 4.92 Å². The molecule has 0 unspecified atom stereocenters. The molecule has 3 rings (SSSR count). The topological polar surface area (TPSA) is 81.3 Å². The van der Waals surface area contributed by atoms with E-state index in [1.54, 1.807) is 18.3 Å². The lowest BCUT2D eigenvalue weighted by Gasteiger charge is -2.05. The van der Waals surface area contributed by atoms with Crippen molar-refractivity contribution in [3.05, 3.63) is 81.2 Å². The Morgan fingerprint density at radius 2 is 1.67 bits per heavy atom. The maximum absolute atomic E-state index is 11.5. The molecular formula is C20H18N4O2S. The molecule has 0 bridgehead atoms. The molecular weight excluding hydrogens is 360 g/mol. The van der Waals surface area contributed by atoms with Gasteiger partial charge in [-0.1, -0.05) is 23.8 Å². The van der Waals surface area contributed by atoms with Crippen molar-refractivity contribution in [2.45, 2.75) is 30.8 Å². The van der Waals surface area contributed by atoms with Crippen molar-refractivity contribution in [1.82, 2.24) is 9.97 Å². The van der Waals surface area contributed by atoms with E-state index < -0.39 is 4.92 Å². The van der Waals surface area contributed by atoms with Gasteiger partial charge in [0.25, 0.3) is 5.69 Å². The Morgan fingerprint density at radius 1 is 1.00 bits per heavy atom. The highest BCUT2D eigenvalue weighted by Crippen LogP contribution is 2.33. The number of aromatic nitrogens is 2. The second-order valence-electron chi connectivity index (χ2n) is 6.11. The molecule has 2 aromatic carbocycles. The van der Waals surface area contributed by atoms with Gasteiger partial charge in [-0.15, -0.1) is 0 Å². The second kappa shape index (κ2) is 8.09. The number of rotatable bonds is 5. The zero-order valence-electron chi connectivity index (χ0n) is 15.2. The molecule has 1 aromatic heterocycles. The van der Waals surface area contributed by atoms with Gasteiger partial charge in [0, 0.05) is 23.7 Å². The number of nitro groups is 1. The summed E-state index contributed by atoms with van der Waals surface area (Å²) in [6.07, 6.45) is 1.62. The molecule has 136 valence electrons. The van der Waals surface area contributed by atoms with Crippen LogP contribution in [0, 0.1) is 30.9 Å². The van der Waals surface area contributed by atoms with Crippen molar-refractivity contribution in [2.24, 2.45) is 4.99 Å². The molecule has 0 spiro atoms. The molecule has 0 aliphatic carbocycles. The van der Waals surface area contributed by atoms with E-state index in [0.29, 0.717) is 15.6 Å². The molecule has 0 saturated heterocycles. The molecule has 0 saturated carbocycles. The first-order valence-electron chi connectivity index (χ1n) is 8.30. The quantitative estimate of drug-likeness (QED) is 0.263. The highest BCUT2D eigenvalue weighted by atomic mass is 32.2. The lowest BCUT2D eigenvalue weighted by atomic mass is 10.2. The van der Waals surface area contributed by atoms with E-state index in [2.05, 4.69) is 15.0 Å². The van der Waals surface area contributed by atoms with Crippen LogP contribution in [0.5, 0.6) is 0 Å². The van der Waals surface area contributed by atoms with Crippen LogP contribution in [0.2, 0.25) is 0 Å². The van der Waals surface area contributed by atoms with Gasteiger partial charge in [-0.05, 0) is 62.4 Å². The van der Waals surface area contributed by atoms with Crippen molar-refractivity contribution in [3.8, 4) is 0 Å². The summed E-state index contributed by atoms with van der Waals surface area (Å²) in [4.78, 5) is 24.7.